The largest absolute Gasteiger partial charge is 0.375 e. The fourth-order valence-corrected chi connectivity index (χ4v) is 5.26. The van der Waals surface area contributed by atoms with Crippen LogP contribution < -0.4 is 11.3 Å². The van der Waals surface area contributed by atoms with E-state index in [4.69, 9.17) is 10.6 Å². The monoisotopic (exact) mass is 344 g/mol. The smallest absolute Gasteiger partial charge is 0.0686 e. The van der Waals surface area contributed by atoms with Crippen LogP contribution >= 0.6 is 27.3 Å². The number of ether oxygens (including phenoxy) is 1. The molecule has 106 valence electrons. The number of hydrogen-bond acceptors (Lipinski definition) is 4. The topological polar surface area (TPSA) is 47.3 Å². The summed E-state index contributed by atoms with van der Waals surface area (Å²) >= 11 is 5.31. The van der Waals surface area contributed by atoms with Crippen LogP contribution in [-0.2, 0) is 4.74 Å². The summed E-state index contributed by atoms with van der Waals surface area (Å²) in [5.74, 6) is 6.42. The molecule has 2 aliphatic rings. The van der Waals surface area contributed by atoms with Crippen LogP contribution in [0.1, 0.15) is 49.4 Å². The Labute approximate surface area is 127 Å². The molecule has 1 aliphatic heterocycles. The lowest BCUT2D eigenvalue weighted by Crippen LogP contribution is -2.43. The van der Waals surface area contributed by atoms with E-state index < -0.39 is 0 Å². The van der Waals surface area contributed by atoms with E-state index in [-0.39, 0.29) is 11.6 Å². The number of thiophene rings is 1. The van der Waals surface area contributed by atoms with Gasteiger partial charge in [0.2, 0.25) is 0 Å². The molecular weight excluding hydrogens is 324 g/mol. The van der Waals surface area contributed by atoms with Crippen LogP contribution in [0.25, 0.3) is 0 Å². The van der Waals surface area contributed by atoms with E-state index in [1.807, 2.05) is 0 Å². The third-order valence-corrected chi connectivity index (χ3v) is 6.37. The zero-order chi connectivity index (χ0) is 13.3. The summed E-state index contributed by atoms with van der Waals surface area (Å²) in [5.41, 5.74) is 3.20. The minimum Gasteiger partial charge on any atom is -0.375 e. The van der Waals surface area contributed by atoms with E-state index in [9.17, 15) is 0 Å². The van der Waals surface area contributed by atoms with Crippen molar-refractivity contribution in [2.24, 2.45) is 11.8 Å². The Hall–Kier alpha value is 0.0600. The molecular formula is C14H21BrN2OS. The summed E-state index contributed by atoms with van der Waals surface area (Å²) in [6, 6.07) is 2.45. The van der Waals surface area contributed by atoms with Gasteiger partial charge in [0.15, 0.2) is 0 Å². The molecule has 3 rings (SSSR count). The molecule has 0 bridgehead atoms. The van der Waals surface area contributed by atoms with Crippen LogP contribution in [0.2, 0.25) is 0 Å². The van der Waals surface area contributed by atoms with Crippen LogP contribution in [0, 0.1) is 5.92 Å². The molecule has 0 aromatic carbocycles. The first-order valence-corrected chi connectivity index (χ1v) is 8.74. The highest BCUT2D eigenvalue weighted by Gasteiger charge is 2.42. The molecule has 0 radical (unpaired) electrons. The van der Waals surface area contributed by atoms with Gasteiger partial charge in [-0.1, -0.05) is 12.8 Å². The van der Waals surface area contributed by atoms with Crippen molar-refractivity contribution in [3.05, 3.63) is 20.8 Å². The molecule has 1 spiro atoms. The van der Waals surface area contributed by atoms with E-state index >= 15 is 0 Å². The molecule has 2 atom stereocenters. The van der Waals surface area contributed by atoms with Crippen molar-refractivity contribution in [1.29, 1.82) is 0 Å². The predicted molar refractivity (Wildman–Crippen MR) is 82.0 cm³/mol. The third kappa shape index (κ3) is 2.90. The molecule has 19 heavy (non-hydrogen) atoms. The average molecular weight is 345 g/mol. The van der Waals surface area contributed by atoms with Crippen molar-refractivity contribution in [2.45, 2.75) is 50.2 Å². The van der Waals surface area contributed by atoms with E-state index in [0.29, 0.717) is 5.92 Å². The Bertz CT molecular complexity index is 431. The second-order valence-electron chi connectivity index (χ2n) is 5.80. The number of hydrogen-bond donors (Lipinski definition) is 2. The first kappa shape index (κ1) is 14.0. The second-order valence-corrected chi connectivity index (χ2v) is 7.66. The van der Waals surface area contributed by atoms with Gasteiger partial charge in [-0.2, -0.15) is 0 Å². The van der Waals surface area contributed by atoms with Crippen LogP contribution in [0.4, 0.5) is 0 Å². The van der Waals surface area contributed by atoms with Gasteiger partial charge in [-0.15, -0.1) is 11.3 Å². The van der Waals surface area contributed by atoms with Crippen LogP contribution in [0.5, 0.6) is 0 Å². The fraction of sp³-hybridized carbons (Fsp3) is 0.714. The molecule has 1 saturated heterocycles. The molecule has 2 heterocycles. The maximum atomic E-state index is 6.12. The molecule has 2 fully saturated rings. The van der Waals surface area contributed by atoms with E-state index in [1.54, 1.807) is 11.3 Å². The summed E-state index contributed by atoms with van der Waals surface area (Å²) in [7, 11) is 0. The summed E-state index contributed by atoms with van der Waals surface area (Å²) in [6.07, 6.45) is 7.35. The maximum Gasteiger partial charge on any atom is 0.0686 e. The van der Waals surface area contributed by atoms with Crippen molar-refractivity contribution < 1.29 is 4.74 Å². The van der Waals surface area contributed by atoms with Gasteiger partial charge in [-0.05, 0) is 53.6 Å². The third-order valence-electron chi connectivity index (χ3n) is 4.59. The highest BCUT2D eigenvalue weighted by Crippen LogP contribution is 2.45. The standard InChI is InChI=1S/C14H21BrN2OS/c15-11-7-12(19-9-11)13(17-16)10-3-6-18-14(8-10)4-1-2-5-14/h7,9-10,13,17H,1-6,8,16H2. The molecule has 5 heteroatoms. The van der Waals surface area contributed by atoms with E-state index in [0.717, 1.165) is 23.9 Å². The number of halogens is 1. The predicted octanol–water partition coefficient (Wildman–Crippen LogP) is 3.75. The first-order valence-electron chi connectivity index (χ1n) is 7.06. The molecule has 1 aliphatic carbocycles. The Morgan fingerprint density at radius 3 is 2.89 bits per heavy atom. The van der Waals surface area contributed by atoms with Crippen LogP contribution in [0.15, 0.2) is 15.9 Å². The zero-order valence-corrected chi connectivity index (χ0v) is 13.4. The Morgan fingerprint density at radius 2 is 2.26 bits per heavy atom. The number of nitrogens with one attached hydrogen (secondary N) is 1. The molecule has 1 aromatic heterocycles. The quantitative estimate of drug-likeness (QED) is 0.648. The lowest BCUT2D eigenvalue weighted by molar-refractivity contribution is -0.0980. The average Bonchev–Trinajstić information content (AvgIpc) is 3.01. The van der Waals surface area contributed by atoms with Crippen LogP contribution in [-0.4, -0.2) is 12.2 Å². The van der Waals surface area contributed by atoms with E-state index in [2.05, 4.69) is 32.8 Å². The van der Waals surface area contributed by atoms with E-state index in [1.165, 1.54) is 30.6 Å². The fourth-order valence-electron chi connectivity index (χ4n) is 3.66. The van der Waals surface area contributed by atoms with Gasteiger partial charge < -0.3 is 4.74 Å². The summed E-state index contributed by atoms with van der Waals surface area (Å²) in [5, 5.41) is 2.13. The van der Waals surface area contributed by atoms with Gasteiger partial charge in [0.1, 0.15) is 0 Å². The minimum atomic E-state index is 0.159. The van der Waals surface area contributed by atoms with Gasteiger partial charge >= 0.3 is 0 Å². The second kappa shape index (κ2) is 5.82. The van der Waals surface area contributed by atoms with Gasteiger partial charge in [-0.25, -0.2) is 0 Å². The Kier molecular flexibility index (Phi) is 4.29. The van der Waals surface area contributed by atoms with Crippen molar-refractivity contribution in [3.8, 4) is 0 Å². The molecule has 2 unspecified atom stereocenters. The first-order chi connectivity index (χ1) is 9.22. The lowest BCUT2D eigenvalue weighted by atomic mass is 9.80. The van der Waals surface area contributed by atoms with Crippen molar-refractivity contribution >= 4 is 27.3 Å². The minimum absolute atomic E-state index is 0.159. The molecule has 1 aromatic rings. The molecule has 1 saturated carbocycles. The van der Waals surface area contributed by atoms with Gasteiger partial charge in [0.05, 0.1) is 11.6 Å². The summed E-state index contributed by atoms with van der Waals surface area (Å²) in [6.45, 7) is 0.884. The van der Waals surface area contributed by atoms with Crippen LogP contribution in [0.3, 0.4) is 0 Å². The van der Waals surface area contributed by atoms with Crippen molar-refractivity contribution in [1.82, 2.24) is 5.43 Å². The van der Waals surface area contributed by atoms with Gasteiger partial charge in [-0.3, -0.25) is 11.3 Å². The SMILES string of the molecule is NNC(c1cc(Br)cs1)C1CCOC2(CCCC2)C1. The Balaban J connectivity index is 1.76. The zero-order valence-electron chi connectivity index (χ0n) is 11.0. The Morgan fingerprint density at radius 1 is 1.47 bits per heavy atom. The molecule has 0 amide bonds. The number of nitrogens with two attached hydrogens (primary N) is 1. The number of rotatable bonds is 3. The lowest BCUT2D eigenvalue weighted by Gasteiger charge is -2.41. The van der Waals surface area contributed by atoms with Crippen molar-refractivity contribution in [2.75, 3.05) is 6.61 Å². The van der Waals surface area contributed by atoms with Gasteiger partial charge in [0, 0.05) is 21.3 Å². The number of hydrazine groups is 1. The van der Waals surface area contributed by atoms with Gasteiger partial charge in [0.25, 0.3) is 0 Å². The maximum absolute atomic E-state index is 6.12. The molecule has 3 N–H and O–H groups in total. The summed E-state index contributed by atoms with van der Waals surface area (Å²) in [4.78, 5) is 1.33. The molecule has 3 nitrogen and oxygen atoms in total. The highest BCUT2D eigenvalue weighted by molar-refractivity contribution is 9.10. The highest BCUT2D eigenvalue weighted by atomic mass is 79.9. The summed E-state index contributed by atoms with van der Waals surface area (Å²) < 4.78 is 7.27. The van der Waals surface area contributed by atoms with Crippen molar-refractivity contribution in [3.63, 3.8) is 0 Å². The normalized spacial score (nSPS) is 27.8.